The van der Waals surface area contributed by atoms with Gasteiger partial charge in [-0.3, -0.25) is 4.79 Å². The molecule has 25 heavy (non-hydrogen) atoms. The van der Waals surface area contributed by atoms with Gasteiger partial charge in [0.1, 0.15) is 0 Å². The number of rotatable bonds is 4. The van der Waals surface area contributed by atoms with E-state index in [1.54, 1.807) is 28.6 Å². The van der Waals surface area contributed by atoms with E-state index in [0.717, 1.165) is 18.4 Å². The van der Waals surface area contributed by atoms with Crippen LogP contribution in [-0.4, -0.2) is 25.2 Å². The molecule has 0 aromatic heterocycles. The molecule has 1 N–H and O–H groups in total. The van der Waals surface area contributed by atoms with Crippen molar-refractivity contribution >= 4 is 33.2 Å². The van der Waals surface area contributed by atoms with Crippen molar-refractivity contribution in [1.82, 2.24) is 4.31 Å². The molecular weight excluding hydrogens is 360 g/mol. The lowest BCUT2D eigenvalue weighted by molar-refractivity contribution is -0.114. The van der Waals surface area contributed by atoms with Gasteiger partial charge < -0.3 is 5.32 Å². The summed E-state index contributed by atoms with van der Waals surface area (Å²) in [6, 6.07) is 13.4. The van der Waals surface area contributed by atoms with E-state index in [0.29, 0.717) is 17.3 Å². The van der Waals surface area contributed by atoms with Crippen LogP contribution in [0.1, 0.15) is 31.4 Å². The zero-order valence-corrected chi connectivity index (χ0v) is 15.3. The molecule has 2 aromatic carbocycles. The van der Waals surface area contributed by atoms with Crippen LogP contribution in [-0.2, 0) is 14.8 Å². The molecule has 0 saturated carbocycles. The number of amides is 1. The fourth-order valence-corrected chi connectivity index (χ4v) is 4.90. The van der Waals surface area contributed by atoms with Crippen LogP contribution in [0.2, 0.25) is 5.02 Å². The number of nitrogens with zero attached hydrogens (tertiary/aromatic N) is 1. The minimum atomic E-state index is -3.60. The molecule has 1 heterocycles. The van der Waals surface area contributed by atoms with Crippen molar-refractivity contribution in [2.45, 2.75) is 30.7 Å². The number of hydrogen-bond donors (Lipinski definition) is 1. The summed E-state index contributed by atoms with van der Waals surface area (Å²) in [4.78, 5) is 11.3. The smallest absolute Gasteiger partial charge is 0.243 e. The van der Waals surface area contributed by atoms with Crippen LogP contribution < -0.4 is 5.32 Å². The molecule has 132 valence electrons. The summed E-state index contributed by atoms with van der Waals surface area (Å²) in [6.07, 6.45) is 1.60. The molecule has 0 bridgehead atoms. The third kappa shape index (κ3) is 3.86. The largest absolute Gasteiger partial charge is 0.326 e. The maximum atomic E-state index is 13.0. The van der Waals surface area contributed by atoms with E-state index in [2.05, 4.69) is 5.32 Å². The Labute approximate surface area is 152 Å². The molecule has 1 aliphatic rings. The van der Waals surface area contributed by atoms with Crippen LogP contribution in [0.5, 0.6) is 0 Å². The summed E-state index contributed by atoms with van der Waals surface area (Å²) in [5, 5.41) is 3.26. The Bertz CT molecular complexity index is 864. The van der Waals surface area contributed by atoms with E-state index in [-0.39, 0.29) is 16.8 Å². The first-order valence-electron chi connectivity index (χ1n) is 8.03. The first kappa shape index (κ1) is 17.9. The molecule has 5 nitrogen and oxygen atoms in total. The van der Waals surface area contributed by atoms with Crippen LogP contribution in [0.4, 0.5) is 5.69 Å². The van der Waals surface area contributed by atoms with E-state index in [1.165, 1.54) is 19.1 Å². The predicted octanol–water partition coefficient (Wildman–Crippen LogP) is 3.82. The summed E-state index contributed by atoms with van der Waals surface area (Å²) in [5.74, 6) is -0.196. The van der Waals surface area contributed by atoms with Crippen LogP contribution in [0.25, 0.3) is 0 Å². The summed E-state index contributed by atoms with van der Waals surface area (Å²) < 4.78 is 27.6. The number of anilines is 1. The molecule has 1 aliphatic heterocycles. The van der Waals surface area contributed by atoms with Crippen molar-refractivity contribution in [1.29, 1.82) is 0 Å². The minimum Gasteiger partial charge on any atom is -0.326 e. The number of halogens is 1. The van der Waals surface area contributed by atoms with Crippen molar-refractivity contribution in [3.05, 3.63) is 59.1 Å². The molecule has 0 aliphatic carbocycles. The van der Waals surface area contributed by atoms with Gasteiger partial charge in [0.05, 0.1) is 10.9 Å². The van der Waals surface area contributed by atoms with Gasteiger partial charge in [0, 0.05) is 24.2 Å². The van der Waals surface area contributed by atoms with Crippen molar-refractivity contribution in [3.63, 3.8) is 0 Å². The highest BCUT2D eigenvalue weighted by molar-refractivity contribution is 7.89. The van der Waals surface area contributed by atoms with Gasteiger partial charge in [-0.2, -0.15) is 4.31 Å². The average molecular weight is 379 g/mol. The molecular formula is C18H19ClN2O3S. The zero-order valence-electron chi connectivity index (χ0n) is 13.8. The summed E-state index contributed by atoms with van der Waals surface area (Å²) >= 11 is 5.93. The molecule has 1 amide bonds. The SMILES string of the molecule is CC(=O)Nc1ccc(S(=O)(=O)N2CCC[C@@H]2c2ccc(Cl)cc2)cc1. The average Bonchev–Trinajstić information content (AvgIpc) is 3.06. The van der Waals surface area contributed by atoms with E-state index >= 15 is 0 Å². The molecule has 7 heteroatoms. The van der Waals surface area contributed by atoms with Gasteiger partial charge in [-0.25, -0.2) is 8.42 Å². The van der Waals surface area contributed by atoms with E-state index in [4.69, 9.17) is 11.6 Å². The minimum absolute atomic E-state index is 0.183. The molecule has 1 saturated heterocycles. The topological polar surface area (TPSA) is 66.5 Å². The van der Waals surface area contributed by atoms with E-state index in [1.807, 2.05) is 12.1 Å². The van der Waals surface area contributed by atoms with Crippen molar-refractivity contribution in [2.75, 3.05) is 11.9 Å². The predicted molar refractivity (Wildman–Crippen MR) is 98.1 cm³/mol. The van der Waals surface area contributed by atoms with Crippen LogP contribution >= 0.6 is 11.6 Å². The summed E-state index contributed by atoms with van der Waals surface area (Å²) in [5.41, 5.74) is 1.52. The molecule has 1 atom stereocenters. The van der Waals surface area contributed by atoms with Gasteiger partial charge in [-0.1, -0.05) is 23.7 Å². The van der Waals surface area contributed by atoms with Crippen LogP contribution in [0.3, 0.4) is 0 Å². The maximum absolute atomic E-state index is 13.0. The number of nitrogens with one attached hydrogen (secondary N) is 1. The highest BCUT2D eigenvalue weighted by Crippen LogP contribution is 2.37. The Morgan fingerprint density at radius 3 is 2.36 bits per heavy atom. The fourth-order valence-electron chi connectivity index (χ4n) is 3.09. The Morgan fingerprint density at radius 2 is 1.76 bits per heavy atom. The second-order valence-corrected chi connectivity index (χ2v) is 8.36. The highest BCUT2D eigenvalue weighted by atomic mass is 35.5. The molecule has 1 fully saturated rings. The summed E-state index contributed by atoms with van der Waals surface area (Å²) in [6.45, 7) is 1.90. The molecule has 0 unspecified atom stereocenters. The number of hydrogen-bond acceptors (Lipinski definition) is 3. The van der Waals surface area contributed by atoms with Gasteiger partial charge in [0.2, 0.25) is 15.9 Å². The van der Waals surface area contributed by atoms with Crippen molar-refractivity contribution < 1.29 is 13.2 Å². The third-order valence-corrected chi connectivity index (χ3v) is 6.41. The first-order chi connectivity index (χ1) is 11.9. The molecule has 3 rings (SSSR count). The quantitative estimate of drug-likeness (QED) is 0.879. The monoisotopic (exact) mass is 378 g/mol. The van der Waals surface area contributed by atoms with Gasteiger partial charge in [-0.05, 0) is 54.8 Å². The Balaban J connectivity index is 1.87. The lowest BCUT2D eigenvalue weighted by Gasteiger charge is -2.24. The van der Waals surface area contributed by atoms with Gasteiger partial charge in [0.25, 0.3) is 0 Å². The maximum Gasteiger partial charge on any atom is 0.243 e. The normalized spacial score (nSPS) is 18.2. The second kappa shape index (κ2) is 7.15. The molecule has 2 aromatic rings. The number of benzene rings is 2. The number of carbonyl (C=O) groups excluding carboxylic acids is 1. The number of carbonyl (C=O) groups is 1. The van der Waals surface area contributed by atoms with Crippen LogP contribution in [0.15, 0.2) is 53.4 Å². The lowest BCUT2D eigenvalue weighted by atomic mass is 10.1. The Morgan fingerprint density at radius 1 is 1.12 bits per heavy atom. The van der Waals surface area contributed by atoms with Gasteiger partial charge in [-0.15, -0.1) is 0 Å². The van der Waals surface area contributed by atoms with E-state index < -0.39 is 10.0 Å². The van der Waals surface area contributed by atoms with Crippen molar-refractivity contribution in [2.24, 2.45) is 0 Å². The van der Waals surface area contributed by atoms with Gasteiger partial charge in [0.15, 0.2) is 0 Å². The summed E-state index contributed by atoms with van der Waals surface area (Å²) in [7, 11) is -3.60. The van der Waals surface area contributed by atoms with Crippen LogP contribution in [0, 0.1) is 0 Å². The Hall–Kier alpha value is -1.89. The Kier molecular flexibility index (Phi) is 5.13. The van der Waals surface area contributed by atoms with Crippen molar-refractivity contribution in [3.8, 4) is 0 Å². The van der Waals surface area contributed by atoms with Gasteiger partial charge >= 0.3 is 0 Å². The highest BCUT2D eigenvalue weighted by Gasteiger charge is 2.36. The van der Waals surface area contributed by atoms with E-state index in [9.17, 15) is 13.2 Å². The fraction of sp³-hybridized carbons (Fsp3) is 0.278. The standard InChI is InChI=1S/C18H19ClN2O3S/c1-13(22)20-16-8-10-17(11-9-16)25(23,24)21-12-2-3-18(21)14-4-6-15(19)7-5-14/h4-11,18H,2-3,12H2,1H3,(H,20,22)/t18-/m1/s1. The second-order valence-electron chi connectivity index (χ2n) is 6.03. The zero-order chi connectivity index (χ0) is 18.0. The first-order valence-corrected chi connectivity index (χ1v) is 9.85. The third-order valence-electron chi connectivity index (χ3n) is 4.24. The number of sulfonamides is 1. The lowest BCUT2D eigenvalue weighted by Crippen LogP contribution is -2.30. The molecule has 0 spiro atoms. The molecule has 0 radical (unpaired) electrons.